The molecule has 0 aromatic heterocycles. The number of amides is 1. The first-order valence-corrected chi connectivity index (χ1v) is 7.04. The van der Waals surface area contributed by atoms with E-state index in [9.17, 15) is 9.59 Å². The molecule has 0 spiro atoms. The molecule has 1 aromatic carbocycles. The minimum absolute atomic E-state index is 0.0500. The van der Waals surface area contributed by atoms with Crippen molar-refractivity contribution < 1.29 is 14.3 Å². The number of fused-ring (bicyclic) bond motifs is 1. The molecular weight excluding hydrogens is 254 g/mol. The molecule has 1 aliphatic carbocycles. The molecule has 2 aliphatic rings. The van der Waals surface area contributed by atoms with Crippen LogP contribution in [0, 0.1) is 5.92 Å². The van der Waals surface area contributed by atoms with Crippen molar-refractivity contribution in [3.8, 4) is 0 Å². The van der Waals surface area contributed by atoms with Crippen LogP contribution in [0.5, 0.6) is 0 Å². The molecule has 0 bridgehead atoms. The van der Waals surface area contributed by atoms with Gasteiger partial charge in [0.1, 0.15) is 11.6 Å². The topological polar surface area (TPSA) is 46.6 Å². The third-order valence-corrected chi connectivity index (χ3v) is 3.63. The highest BCUT2D eigenvalue weighted by atomic mass is 16.6. The molecule has 0 N–H and O–H groups in total. The number of ether oxygens (including phenoxy) is 1. The van der Waals surface area contributed by atoms with E-state index in [0.717, 1.165) is 12.8 Å². The third kappa shape index (κ3) is 2.19. The summed E-state index contributed by atoms with van der Waals surface area (Å²) in [6.07, 6.45) is 1.58. The van der Waals surface area contributed by atoms with Gasteiger partial charge in [-0.1, -0.05) is 12.1 Å². The average Bonchev–Trinajstić information content (AvgIpc) is 3.13. The number of hydrogen-bond acceptors (Lipinski definition) is 3. The zero-order valence-corrected chi connectivity index (χ0v) is 12.1. The number of rotatable bonds is 1. The maximum atomic E-state index is 12.5. The number of ketones is 1. The Bertz CT molecular complexity index is 569. The van der Waals surface area contributed by atoms with Crippen LogP contribution in [0.15, 0.2) is 24.3 Å². The summed E-state index contributed by atoms with van der Waals surface area (Å²) in [6.45, 7) is 5.50. The monoisotopic (exact) mass is 273 g/mol. The quantitative estimate of drug-likeness (QED) is 0.787. The van der Waals surface area contributed by atoms with Gasteiger partial charge in [-0.2, -0.15) is 0 Å². The molecular formula is C16H19NO3. The Morgan fingerprint density at radius 1 is 1.25 bits per heavy atom. The largest absolute Gasteiger partial charge is 0.443 e. The van der Waals surface area contributed by atoms with Crippen molar-refractivity contribution in [3.63, 3.8) is 0 Å². The lowest BCUT2D eigenvalue weighted by molar-refractivity contribution is 0.0556. The van der Waals surface area contributed by atoms with E-state index < -0.39 is 11.7 Å². The summed E-state index contributed by atoms with van der Waals surface area (Å²) in [6, 6.07) is 6.91. The first-order chi connectivity index (χ1) is 9.38. The molecule has 20 heavy (non-hydrogen) atoms. The Kier molecular flexibility index (Phi) is 2.85. The van der Waals surface area contributed by atoms with Crippen LogP contribution in [-0.4, -0.2) is 23.5 Å². The van der Waals surface area contributed by atoms with Crippen molar-refractivity contribution in [1.82, 2.24) is 0 Å². The second-order valence-electron chi connectivity index (χ2n) is 6.51. The molecule has 106 valence electrons. The van der Waals surface area contributed by atoms with Gasteiger partial charge < -0.3 is 4.74 Å². The van der Waals surface area contributed by atoms with Crippen molar-refractivity contribution in [2.75, 3.05) is 4.90 Å². The third-order valence-electron chi connectivity index (χ3n) is 3.63. The van der Waals surface area contributed by atoms with Crippen molar-refractivity contribution in [1.29, 1.82) is 0 Å². The second-order valence-corrected chi connectivity index (χ2v) is 6.51. The summed E-state index contributed by atoms with van der Waals surface area (Å²) in [5.41, 5.74) is 0.755. The van der Waals surface area contributed by atoms with Crippen molar-refractivity contribution >= 4 is 17.6 Å². The van der Waals surface area contributed by atoms with Gasteiger partial charge in [-0.3, -0.25) is 9.69 Å². The van der Waals surface area contributed by atoms with E-state index in [0.29, 0.717) is 11.3 Å². The first kappa shape index (κ1) is 13.2. The van der Waals surface area contributed by atoms with Crippen LogP contribution in [-0.2, 0) is 4.74 Å². The minimum atomic E-state index is -0.564. The lowest BCUT2D eigenvalue weighted by atomic mass is 10.1. The number of carbonyl (C=O) groups excluding carboxylic acids is 2. The van der Waals surface area contributed by atoms with Gasteiger partial charge in [-0.25, -0.2) is 4.79 Å². The Labute approximate surface area is 118 Å². The maximum Gasteiger partial charge on any atom is 0.415 e. The Hall–Kier alpha value is -1.84. The van der Waals surface area contributed by atoms with E-state index in [1.165, 1.54) is 0 Å². The smallest absolute Gasteiger partial charge is 0.415 e. The number of benzene rings is 1. The molecule has 1 heterocycles. The molecule has 1 saturated carbocycles. The van der Waals surface area contributed by atoms with E-state index in [2.05, 4.69) is 0 Å². The number of anilines is 1. The summed E-state index contributed by atoms with van der Waals surface area (Å²) in [7, 11) is 0. The highest BCUT2D eigenvalue weighted by molar-refractivity contribution is 6.17. The normalized spacial score (nSPS) is 21.9. The fourth-order valence-corrected chi connectivity index (χ4v) is 2.68. The van der Waals surface area contributed by atoms with Gasteiger partial charge in [-0.05, 0) is 51.7 Å². The Balaban J connectivity index is 1.97. The van der Waals surface area contributed by atoms with Crippen LogP contribution in [0.3, 0.4) is 0 Å². The summed E-state index contributed by atoms with van der Waals surface area (Å²) < 4.78 is 5.47. The van der Waals surface area contributed by atoms with Gasteiger partial charge in [0.15, 0.2) is 5.78 Å². The highest BCUT2D eigenvalue weighted by Gasteiger charge is 2.49. The SMILES string of the molecule is CC(C)(C)OC(=O)N1c2ccccc2C(=O)C1C1CC1. The Morgan fingerprint density at radius 3 is 2.50 bits per heavy atom. The van der Waals surface area contributed by atoms with Gasteiger partial charge in [0.25, 0.3) is 0 Å². The van der Waals surface area contributed by atoms with E-state index in [1.54, 1.807) is 11.0 Å². The molecule has 1 unspecified atom stereocenters. The molecule has 1 aromatic rings. The van der Waals surface area contributed by atoms with Gasteiger partial charge >= 0.3 is 6.09 Å². The summed E-state index contributed by atoms with van der Waals surface area (Å²) in [5.74, 6) is 0.330. The van der Waals surface area contributed by atoms with Crippen LogP contribution in [0.1, 0.15) is 44.0 Å². The number of carbonyl (C=O) groups is 2. The minimum Gasteiger partial charge on any atom is -0.443 e. The highest BCUT2D eigenvalue weighted by Crippen LogP contribution is 2.44. The van der Waals surface area contributed by atoms with Gasteiger partial charge in [-0.15, -0.1) is 0 Å². The van der Waals surface area contributed by atoms with E-state index >= 15 is 0 Å². The van der Waals surface area contributed by atoms with Crippen LogP contribution in [0.25, 0.3) is 0 Å². The standard InChI is InChI=1S/C16H19NO3/c1-16(2,3)20-15(19)17-12-7-5-4-6-11(12)14(18)13(17)10-8-9-10/h4-7,10,13H,8-9H2,1-3H3. The summed E-state index contributed by atoms with van der Waals surface area (Å²) in [5, 5.41) is 0. The molecule has 1 fully saturated rings. The molecule has 1 amide bonds. The first-order valence-electron chi connectivity index (χ1n) is 7.04. The number of Topliss-reactive ketones (excluding diaryl/α,β-unsaturated/α-hetero) is 1. The van der Waals surface area contributed by atoms with E-state index in [4.69, 9.17) is 4.74 Å². The Morgan fingerprint density at radius 2 is 1.90 bits per heavy atom. The lowest BCUT2D eigenvalue weighted by Gasteiger charge is -2.28. The molecule has 1 aliphatic heterocycles. The molecule has 0 radical (unpaired) electrons. The second kappa shape index (κ2) is 4.33. The number of nitrogens with zero attached hydrogens (tertiary/aromatic N) is 1. The summed E-state index contributed by atoms with van der Waals surface area (Å²) >= 11 is 0. The van der Waals surface area contributed by atoms with Crippen molar-refractivity contribution in [2.45, 2.75) is 45.3 Å². The van der Waals surface area contributed by atoms with Gasteiger partial charge in [0, 0.05) is 5.56 Å². The van der Waals surface area contributed by atoms with Crippen LogP contribution in [0.2, 0.25) is 0 Å². The lowest BCUT2D eigenvalue weighted by Crippen LogP contribution is -2.44. The molecule has 4 heteroatoms. The zero-order valence-electron chi connectivity index (χ0n) is 12.1. The average molecular weight is 273 g/mol. The molecule has 3 rings (SSSR count). The van der Waals surface area contributed by atoms with E-state index in [-0.39, 0.29) is 17.7 Å². The van der Waals surface area contributed by atoms with Crippen LogP contribution < -0.4 is 4.90 Å². The van der Waals surface area contributed by atoms with Gasteiger partial charge in [0.2, 0.25) is 0 Å². The molecule has 4 nitrogen and oxygen atoms in total. The fraction of sp³-hybridized carbons (Fsp3) is 0.500. The predicted octanol–water partition coefficient (Wildman–Crippen LogP) is 3.40. The molecule has 1 atom stereocenters. The van der Waals surface area contributed by atoms with Crippen LogP contribution >= 0.6 is 0 Å². The van der Waals surface area contributed by atoms with E-state index in [1.807, 2.05) is 39.0 Å². The molecule has 0 saturated heterocycles. The predicted molar refractivity (Wildman–Crippen MR) is 76.0 cm³/mol. The summed E-state index contributed by atoms with van der Waals surface area (Å²) in [4.78, 5) is 26.5. The maximum absolute atomic E-state index is 12.5. The number of para-hydroxylation sites is 1. The zero-order chi connectivity index (χ0) is 14.5. The van der Waals surface area contributed by atoms with Crippen molar-refractivity contribution in [3.05, 3.63) is 29.8 Å². The number of hydrogen-bond donors (Lipinski definition) is 0. The van der Waals surface area contributed by atoms with Gasteiger partial charge in [0.05, 0.1) is 5.69 Å². The van der Waals surface area contributed by atoms with Crippen LogP contribution in [0.4, 0.5) is 10.5 Å². The fourth-order valence-electron chi connectivity index (χ4n) is 2.68. The van der Waals surface area contributed by atoms with Crippen molar-refractivity contribution in [2.24, 2.45) is 5.92 Å².